The Bertz CT molecular complexity index is 908. The lowest BCUT2D eigenvalue weighted by molar-refractivity contribution is -0.121. The summed E-state index contributed by atoms with van der Waals surface area (Å²) in [4.78, 5) is 12.2. The van der Waals surface area contributed by atoms with Gasteiger partial charge in [0.05, 0.1) is 25.2 Å². The predicted octanol–water partition coefficient (Wildman–Crippen LogP) is 3.69. The van der Waals surface area contributed by atoms with Crippen LogP contribution in [0.3, 0.4) is 0 Å². The summed E-state index contributed by atoms with van der Waals surface area (Å²) in [6.07, 6.45) is 3.44. The molecule has 0 spiro atoms. The molecule has 2 aromatic carbocycles. The number of aryl methyl sites for hydroxylation is 2. The van der Waals surface area contributed by atoms with Gasteiger partial charge in [-0.2, -0.15) is 0 Å². The van der Waals surface area contributed by atoms with Crippen LogP contribution in [0.2, 0.25) is 0 Å². The first kappa shape index (κ1) is 24.9. The van der Waals surface area contributed by atoms with Crippen LogP contribution in [0.4, 0.5) is 5.69 Å². The summed E-state index contributed by atoms with van der Waals surface area (Å²) in [6, 6.07) is 15.8. The average Bonchev–Trinajstić information content (AvgIpc) is 2.76. The molecule has 0 aliphatic rings. The van der Waals surface area contributed by atoms with E-state index in [1.54, 1.807) is 0 Å². The molecule has 0 saturated heterocycles. The van der Waals surface area contributed by atoms with Crippen LogP contribution in [-0.4, -0.2) is 40.3 Å². The number of anilines is 1. The van der Waals surface area contributed by atoms with E-state index in [0.29, 0.717) is 26.2 Å². The first-order valence-corrected chi connectivity index (χ1v) is 12.7. The fourth-order valence-electron chi connectivity index (χ4n) is 3.48. The fraction of sp³-hybridized carbons (Fsp3) is 0.458. The van der Waals surface area contributed by atoms with Crippen molar-refractivity contribution < 1.29 is 17.9 Å². The minimum absolute atomic E-state index is 0.101. The SMILES string of the molecule is CCc1cccc(CC)c1N(CCCC(=O)NCCOCc1ccccc1)S(C)(=O)=O. The molecule has 170 valence electrons. The van der Waals surface area contributed by atoms with E-state index in [1.807, 2.05) is 62.4 Å². The molecule has 0 aliphatic heterocycles. The van der Waals surface area contributed by atoms with Crippen molar-refractivity contribution in [2.75, 3.05) is 30.3 Å². The predicted molar refractivity (Wildman–Crippen MR) is 126 cm³/mol. The molecule has 31 heavy (non-hydrogen) atoms. The number of ether oxygens (including phenoxy) is 1. The van der Waals surface area contributed by atoms with Crippen molar-refractivity contribution in [3.63, 3.8) is 0 Å². The lowest BCUT2D eigenvalue weighted by atomic mass is 10.0. The monoisotopic (exact) mass is 446 g/mol. The van der Waals surface area contributed by atoms with Crippen molar-refractivity contribution >= 4 is 21.6 Å². The Morgan fingerprint density at radius 2 is 1.65 bits per heavy atom. The molecule has 0 aromatic heterocycles. The highest BCUT2D eigenvalue weighted by Gasteiger charge is 2.22. The number of nitrogens with one attached hydrogen (secondary N) is 1. The van der Waals surface area contributed by atoms with E-state index in [9.17, 15) is 13.2 Å². The number of para-hydroxylation sites is 1. The highest BCUT2D eigenvalue weighted by molar-refractivity contribution is 7.92. The fourth-order valence-corrected chi connectivity index (χ4v) is 4.50. The Balaban J connectivity index is 1.83. The largest absolute Gasteiger partial charge is 0.375 e. The third kappa shape index (κ3) is 7.99. The van der Waals surface area contributed by atoms with Crippen LogP contribution in [0.15, 0.2) is 48.5 Å². The van der Waals surface area contributed by atoms with Gasteiger partial charge >= 0.3 is 0 Å². The first-order valence-electron chi connectivity index (χ1n) is 10.8. The summed E-state index contributed by atoms with van der Waals surface area (Å²) in [7, 11) is -3.45. The van der Waals surface area contributed by atoms with E-state index < -0.39 is 10.0 Å². The highest BCUT2D eigenvalue weighted by atomic mass is 32.2. The first-order chi connectivity index (χ1) is 14.9. The quantitative estimate of drug-likeness (QED) is 0.476. The summed E-state index contributed by atoms with van der Waals surface area (Å²) in [5, 5.41) is 2.83. The number of carbonyl (C=O) groups excluding carboxylic acids is 1. The lowest BCUT2D eigenvalue weighted by Crippen LogP contribution is -2.34. The molecule has 0 unspecified atom stereocenters. The van der Waals surface area contributed by atoms with Crippen molar-refractivity contribution in [3.05, 3.63) is 65.2 Å². The van der Waals surface area contributed by atoms with Gasteiger partial charge in [0.2, 0.25) is 15.9 Å². The third-order valence-corrected chi connectivity index (χ3v) is 6.23. The van der Waals surface area contributed by atoms with E-state index in [-0.39, 0.29) is 18.9 Å². The topological polar surface area (TPSA) is 75.7 Å². The molecule has 0 aliphatic carbocycles. The Morgan fingerprint density at radius 3 is 2.23 bits per heavy atom. The zero-order chi connectivity index (χ0) is 22.7. The van der Waals surface area contributed by atoms with E-state index in [0.717, 1.165) is 35.2 Å². The molecule has 1 N–H and O–H groups in total. The molecule has 0 fully saturated rings. The standard InChI is InChI=1S/C24H34N2O4S/c1-4-21-13-9-14-22(5-2)24(21)26(31(3,28)29)17-10-15-23(27)25-16-18-30-19-20-11-7-6-8-12-20/h6-9,11-14H,4-5,10,15-19H2,1-3H3,(H,25,27). The molecule has 2 rings (SSSR count). The van der Waals surface area contributed by atoms with E-state index in [1.165, 1.54) is 10.6 Å². The van der Waals surface area contributed by atoms with Gasteiger partial charge < -0.3 is 10.1 Å². The molecule has 0 atom stereocenters. The molecule has 2 aromatic rings. The maximum atomic E-state index is 12.5. The summed E-state index contributed by atoms with van der Waals surface area (Å²) in [6.45, 7) is 5.69. The summed E-state index contributed by atoms with van der Waals surface area (Å²) in [5.41, 5.74) is 3.87. The van der Waals surface area contributed by atoms with Gasteiger partial charge in [0.1, 0.15) is 0 Å². The molecule has 0 bridgehead atoms. The number of amides is 1. The molecule has 7 heteroatoms. The van der Waals surface area contributed by atoms with Crippen molar-refractivity contribution in [2.45, 2.75) is 46.1 Å². The number of carbonyl (C=O) groups is 1. The Morgan fingerprint density at radius 1 is 1.00 bits per heavy atom. The van der Waals surface area contributed by atoms with Gasteiger partial charge in [0.25, 0.3) is 0 Å². The van der Waals surface area contributed by atoms with Gasteiger partial charge in [0, 0.05) is 19.5 Å². The van der Waals surface area contributed by atoms with Crippen molar-refractivity contribution in [1.82, 2.24) is 5.32 Å². The average molecular weight is 447 g/mol. The van der Waals surface area contributed by atoms with Crippen LogP contribution in [0, 0.1) is 0 Å². The Labute approximate surface area is 186 Å². The zero-order valence-corrected chi connectivity index (χ0v) is 19.6. The molecule has 1 amide bonds. The van der Waals surface area contributed by atoms with E-state index >= 15 is 0 Å². The van der Waals surface area contributed by atoms with Gasteiger partial charge in [-0.3, -0.25) is 9.10 Å². The van der Waals surface area contributed by atoms with Crippen molar-refractivity contribution in [2.24, 2.45) is 0 Å². The maximum Gasteiger partial charge on any atom is 0.232 e. The number of benzene rings is 2. The smallest absolute Gasteiger partial charge is 0.232 e. The summed E-state index contributed by atoms with van der Waals surface area (Å²) in [5.74, 6) is -0.101. The van der Waals surface area contributed by atoms with Gasteiger partial charge in [-0.15, -0.1) is 0 Å². The maximum absolute atomic E-state index is 12.5. The van der Waals surface area contributed by atoms with Crippen molar-refractivity contribution in [3.8, 4) is 0 Å². The number of hydrogen-bond donors (Lipinski definition) is 1. The molecule has 0 heterocycles. The van der Waals surface area contributed by atoms with Crippen LogP contribution in [0.5, 0.6) is 0 Å². The van der Waals surface area contributed by atoms with Crippen LogP contribution in [0.1, 0.15) is 43.4 Å². The molecule has 0 saturated carbocycles. The van der Waals surface area contributed by atoms with Gasteiger partial charge in [0.15, 0.2) is 0 Å². The third-order valence-electron chi connectivity index (χ3n) is 5.06. The van der Waals surface area contributed by atoms with Crippen LogP contribution >= 0.6 is 0 Å². The highest BCUT2D eigenvalue weighted by Crippen LogP contribution is 2.29. The van der Waals surface area contributed by atoms with Crippen LogP contribution < -0.4 is 9.62 Å². The second-order valence-corrected chi connectivity index (χ2v) is 9.37. The second-order valence-electron chi connectivity index (χ2n) is 7.46. The normalized spacial score (nSPS) is 11.3. The Kier molecular flexibility index (Phi) is 10.0. The number of hydrogen-bond acceptors (Lipinski definition) is 4. The Hall–Kier alpha value is -2.38. The number of sulfonamides is 1. The van der Waals surface area contributed by atoms with Crippen LogP contribution in [-0.2, 0) is 39.0 Å². The number of nitrogens with zero attached hydrogens (tertiary/aromatic N) is 1. The number of rotatable bonds is 13. The summed E-state index contributed by atoms with van der Waals surface area (Å²) < 4.78 is 32.1. The van der Waals surface area contributed by atoms with Crippen molar-refractivity contribution in [1.29, 1.82) is 0 Å². The van der Waals surface area contributed by atoms with Gasteiger partial charge in [-0.1, -0.05) is 62.4 Å². The second kappa shape index (κ2) is 12.5. The minimum Gasteiger partial charge on any atom is -0.375 e. The molecular weight excluding hydrogens is 412 g/mol. The van der Waals surface area contributed by atoms with Gasteiger partial charge in [-0.05, 0) is 36.0 Å². The van der Waals surface area contributed by atoms with E-state index in [4.69, 9.17) is 4.74 Å². The summed E-state index contributed by atoms with van der Waals surface area (Å²) >= 11 is 0. The lowest BCUT2D eigenvalue weighted by Gasteiger charge is -2.27. The van der Waals surface area contributed by atoms with Gasteiger partial charge in [-0.25, -0.2) is 8.42 Å². The minimum atomic E-state index is -3.45. The molecular formula is C24H34N2O4S. The van der Waals surface area contributed by atoms with Crippen LogP contribution in [0.25, 0.3) is 0 Å². The molecule has 6 nitrogen and oxygen atoms in total. The van der Waals surface area contributed by atoms with E-state index in [2.05, 4.69) is 5.32 Å². The zero-order valence-electron chi connectivity index (χ0n) is 18.8. The molecule has 0 radical (unpaired) electrons.